The number of thiocarbonyl (C=S) groups is 1. The van der Waals surface area contributed by atoms with Gasteiger partial charge in [0.1, 0.15) is 5.82 Å². The van der Waals surface area contributed by atoms with Crippen LogP contribution >= 0.6 is 23.8 Å². The van der Waals surface area contributed by atoms with Crippen LogP contribution in [0.4, 0.5) is 5.69 Å². The summed E-state index contributed by atoms with van der Waals surface area (Å²) in [5.74, 6) is 0.511. The van der Waals surface area contributed by atoms with Crippen molar-refractivity contribution in [3.05, 3.63) is 69.7 Å². The van der Waals surface area contributed by atoms with E-state index in [9.17, 15) is 4.79 Å². The number of para-hydroxylation sites is 2. The number of rotatable bonds is 2. The van der Waals surface area contributed by atoms with Crippen molar-refractivity contribution >= 4 is 45.5 Å². The van der Waals surface area contributed by atoms with Crippen LogP contribution < -0.4 is 16.3 Å². The van der Waals surface area contributed by atoms with Gasteiger partial charge in [-0.05, 0) is 43.4 Å². The molecule has 0 unspecified atom stereocenters. The quantitative estimate of drug-likeness (QED) is 0.698. The van der Waals surface area contributed by atoms with Crippen LogP contribution in [-0.4, -0.2) is 14.8 Å². The van der Waals surface area contributed by atoms with Crippen LogP contribution in [-0.2, 0) is 0 Å². The standard InChI is InChI=1S/C16H13ClN4OS/c1-10-18-13-8-4-2-6-11(13)15(22)21(10)20-16(23)19-14-9-5-3-7-12(14)17/h2-9H,1H3,(H2,19,20,23). The fraction of sp³-hybridized carbons (Fsp3) is 0.0625. The Morgan fingerprint density at radius 1 is 1.17 bits per heavy atom. The third-order valence-corrected chi connectivity index (χ3v) is 3.80. The maximum absolute atomic E-state index is 12.6. The molecular formula is C16H13ClN4OS. The topological polar surface area (TPSA) is 59.0 Å². The van der Waals surface area contributed by atoms with Gasteiger partial charge >= 0.3 is 0 Å². The largest absolute Gasteiger partial charge is 0.330 e. The van der Waals surface area contributed by atoms with Gasteiger partial charge in [-0.3, -0.25) is 10.2 Å². The lowest BCUT2D eigenvalue weighted by Crippen LogP contribution is -2.37. The lowest BCUT2D eigenvalue weighted by molar-refractivity contribution is 0.839. The van der Waals surface area contributed by atoms with Crippen molar-refractivity contribution in [2.24, 2.45) is 0 Å². The van der Waals surface area contributed by atoms with E-state index in [4.69, 9.17) is 23.8 Å². The molecule has 0 spiro atoms. The zero-order valence-electron chi connectivity index (χ0n) is 12.2. The second kappa shape index (κ2) is 6.36. The molecule has 0 saturated carbocycles. The van der Waals surface area contributed by atoms with Crippen LogP contribution in [0.3, 0.4) is 0 Å². The van der Waals surface area contributed by atoms with E-state index in [1.54, 1.807) is 37.3 Å². The van der Waals surface area contributed by atoms with Gasteiger partial charge in [0, 0.05) is 0 Å². The first kappa shape index (κ1) is 15.5. The molecule has 0 fully saturated rings. The van der Waals surface area contributed by atoms with Crippen LogP contribution in [0.2, 0.25) is 5.02 Å². The molecular weight excluding hydrogens is 332 g/mol. The minimum absolute atomic E-state index is 0.212. The molecule has 0 saturated heterocycles. The fourth-order valence-corrected chi connectivity index (χ4v) is 2.57. The summed E-state index contributed by atoms with van der Waals surface area (Å²) < 4.78 is 1.31. The highest BCUT2D eigenvalue weighted by molar-refractivity contribution is 7.80. The average Bonchev–Trinajstić information content (AvgIpc) is 2.54. The van der Waals surface area contributed by atoms with Gasteiger partial charge in [-0.25, -0.2) is 9.66 Å². The zero-order valence-corrected chi connectivity index (χ0v) is 13.8. The van der Waals surface area contributed by atoms with E-state index in [1.165, 1.54) is 4.68 Å². The number of benzene rings is 2. The van der Waals surface area contributed by atoms with Crippen LogP contribution in [0, 0.1) is 6.92 Å². The second-order valence-electron chi connectivity index (χ2n) is 4.86. The molecule has 2 N–H and O–H groups in total. The molecule has 0 amide bonds. The molecule has 2 aromatic carbocycles. The van der Waals surface area contributed by atoms with Crippen LogP contribution in [0.5, 0.6) is 0 Å². The Balaban J connectivity index is 1.91. The summed E-state index contributed by atoms with van der Waals surface area (Å²) in [6.45, 7) is 1.74. The normalized spacial score (nSPS) is 10.5. The van der Waals surface area contributed by atoms with Crippen molar-refractivity contribution in [3.63, 3.8) is 0 Å². The molecule has 116 valence electrons. The van der Waals surface area contributed by atoms with Crippen LogP contribution in [0.25, 0.3) is 10.9 Å². The molecule has 0 aliphatic rings. The summed E-state index contributed by atoms with van der Waals surface area (Å²) in [7, 11) is 0. The van der Waals surface area contributed by atoms with E-state index < -0.39 is 0 Å². The smallest absolute Gasteiger partial charge is 0.280 e. The number of halogens is 1. The summed E-state index contributed by atoms with van der Waals surface area (Å²) in [5.41, 5.74) is 3.95. The molecule has 5 nitrogen and oxygen atoms in total. The van der Waals surface area contributed by atoms with Crippen molar-refractivity contribution in [1.82, 2.24) is 9.66 Å². The molecule has 0 aliphatic heterocycles. The maximum atomic E-state index is 12.6. The van der Waals surface area contributed by atoms with Gasteiger partial charge in [0.05, 0.1) is 21.6 Å². The number of aromatic nitrogens is 2. The van der Waals surface area contributed by atoms with Gasteiger partial charge in [0.25, 0.3) is 5.56 Å². The van der Waals surface area contributed by atoms with Gasteiger partial charge < -0.3 is 5.32 Å². The van der Waals surface area contributed by atoms with Gasteiger partial charge in [-0.15, -0.1) is 0 Å². The van der Waals surface area contributed by atoms with Gasteiger partial charge in [0.15, 0.2) is 5.11 Å². The number of anilines is 1. The molecule has 23 heavy (non-hydrogen) atoms. The highest BCUT2D eigenvalue weighted by Gasteiger charge is 2.09. The number of nitrogens with one attached hydrogen (secondary N) is 2. The van der Waals surface area contributed by atoms with Gasteiger partial charge in [-0.1, -0.05) is 35.9 Å². The van der Waals surface area contributed by atoms with Crippen molar-refractivity contribution in [3.8, 4) is 0 Å². The summed E-state index contributed by atoms with van der Waals surface area (Å²) in [6.07, 6.45) is 0. The van der Waals surface area contributed by atoms with E-state index >= 15 is 0 Å². The predicted molar refractivity (Wildman–Crippen MR) is 97.8 cm³/mol. The van der Waals surface area contributed by atoms with E-state index in [1.807, 2.05) is 18.2 Å². The summed E-state index contributed by atoms with van der Waals surface area (Å²) in [6, 6.07) is 14.4. The van der Waals surface area contributed by atoms with Crippen molar-refractivity contribution in [2.45, 2.75) is 6.92 Å². The zero-order chi connectivity index (χ0) is 16.4. The number of hydrogen-bond acceptors (Lipinski definition) is 3. The lowest BCUT2D eigenvalue weighted by Gasteiger charge is -2.15. The summed E-state index contributed by atoms with van der Waals surface area (Å²) in [4.78, 5) is 17.0. The fourth-order valence-electron chi connectivity index (χ4n) is 2.19. The van der Waals surface area contributed by atoms with Crippen molar-refractivity contribution in [2.75, 3.05) is 10.7 Å². The third-order valence-electron chi connectivity index (χ3n) is 3.28. The first-order valence-electron chi connectivity index (χ1n) is 6.87. The summed E-state index contributed by atoms with van der Waals surface area (Å²) >= 11 is 11.3. The third kappa shape index (κ3) is 3.18. The predicted octanol–water partition coefficient (Wildman–Crippen LogP) is 3.30. The molecule has 3 aromatic rings. The molecule has 0 atom stereocenters. The van der Waals surface area contributed by atoms with Crippen LogP contribution in [0.15, 0.2) is 53.3 Å². The first-order chi connectivity index (χ1) is 11.1. The number of fused-ring (bicyclic) bond motifs is 1. The summed E-state index contributed by atoms with van der Waals surface area (Å²) in [5, 5.41) is 4.27. The monoisotopic (exact) mass is 344 g/mol. The maximum Gasteiger partial charge on any atom is 0.280 e. The Morgan fingerprint density at radius 3 is 2.65 bits per heavy atom. The molecule has 1 heterocycles. The highest BCUT2D eigenvalue weighted by Crippen LogP contribution is 2.20. The molecule has 0 aliphatic carbocycles. The molecule has 3 rings (SSSR count). The minimum atomic E-state index is -0.212. The lowest BCUT2D eigenvalue weighted by atomic mass is 10.2. The van der Waals surface area contributed by atoms with Gasteiger partial charge in [0.2, 0.25) is 0 Å². The second-order valence-corrected chi connectivity index (χ2v) is 5.68. The Kier molecular flexibility index (Phi) is 4.27. The van der Waals surface area contributed by atoms with E-state index in [0.717, 1.165) is 0 Å². The van der Waals surface area contributed by atoms with E-state index in [0.29, 0.717) is 27.4 Å². The Bertz CT molecular complexity index is 954. The Labute approximate surface area is 142 Å². The molecule has 0 bridgehead atoms. The minimum Gasteiger partial charge on any atom is -0.330 e. The Hall–Kier alpha value is -2.44. The highest BCUT2D eigenvalue weighted by atomic mass is 35.5. The van der Waals surface area contributed by atoms with E-state index in [-0.39, 0.29) is 10.7 Å². The first-order valence-corrected chi connectivity index (χ1v) is 7.66. The number of aryl methyl sites for hydroxylation is 1. The average molecular weight is 345 g/mol. The van der Waals surface area contributed by atoms with E-state index in [2.05, 4.69) is 15.7 Å². The molecule has 7 heteroatoms. The SMILES string of the molecule is Cc1nc2ccccc2c(=O)n1NC(=S)Nc1ccccc1Cl. The Morgan fingerprint density at radius 2 is 1.87 bits per heavy atom. The van der Waals surface area contributed by atoms with Gasteiger partial charge in [-0.2, -0.15) is 0 Å². The van der Waals surface area contributed by atoms with Crippen molar-refractivity contribution < 1.29 is 0 Å². The molecule has 1 aromatic heterocycles. The van der Waals surface area contributed by atoms with Crippen molar-refractivity contribution in [1.29, 1.82) is 0 Å². The van der Waals surface area contributed by atoms with Crippen LogP contribution in [0.1, 0.15) is 5.82 Å². The molecule has 0 radical (unpaired) electrons. The number of nitrogens with zero attached hydrogens (tertiary/aromatic N) is 2. The number of hydrogen-bond donors (Lipinski definition) is 2.